The molecular formula is C11H16NOS+. The topological polar surface area (TPSA) is 20.2 Å². The SMILES string of the molecule is C[N+]1(C)CCSc2ccc(CO)cc21. The Balaban J connectivity index is 2.49. The summed E-state index contributed by atoms with van der Waals surface area (Å²) in [5.41, 5.74) is 2.35. The quantitative estimate of drug-likeness (QED) is 0.714. The molecule has 0 saturated heterocycles. The maximum absolute atomic E-state index is 9.10. The lowest BCUT2D eigenvalue weighted by Crippen LogP contribution is -2.44. The van der Waals surface area contributed by atoms with Gasteiger partial charge in [-0.3, -0.25) is 4.48 Å². The Hall–Kier alpha value is -0.510. The molecule has 0 amide bonds. The second-order valence-corrected chi connectivity index (χ2v) is 5.35. The molecular weight excluding hydrogens is 194 g/mol. The lowest BCUT2D eigenvalue weighted by molar-refractivity contribution is 0.281. The van der Waals surface area contributed by atoms with Crippen LogP contribution in [0.15, 0.2) is 23.1 Å². The van der Waals surface area contributed by atoms with Crippen LogP contribution in [0.1, 0.15) is 5.56 Å². The minimum atomic E-state index is 0.137. The lowest BCUT2D eigenvalue weighted by Gasteiger charge is -2.34. The number of hydrogen-bond donors (Lipinski definition) is 1. The number of quaternary nitrogens is 1. The minimum Gasteiger partial charge on any atom is -0.392 e. The predicted octanol–water partition coefficient (Wildman–Crippen LogP) is 1.85. The number of hydrogen-bond acceptors (Lipinski definition) is 2. The van der Waals surface area contributed by atoms with E-state index in [1.54, 1.807) is 0 Å². The molecule has 0 fully saturated rings. The second-order valence-electron chi connectivity index (χ2n) is 4.22. The highest BCUT2D eigenvalue weighted by Crippen LogP contribution is 2.37. The van der Waals surface area contributed by atoms with Gasteiger partial charge in [0.1, 0.15) is 5.69 Å². The van der Waals surface area contributed by atoms with Crippen molar-refractivity contribution in [3.05, 3.63) is 23.8 Å². The summed E-state index contributed by atoms with van der Waals surface area (Å²) in [5.74, 6) is 1.18. The molecule has 0 unspecified atom stereocenters. The molecule has 2 rings (SSSR count). The lowest BCUT2D eigenvalue weighted by atomic mass is 10.2. The molecule has 0 spiro atoms. The maximum Gasteiger partial charge on any atom is 0.146 e. The fourth-order valence-corrected chi connectivity index (χ4v) is 3.15. The van der Waals surface area contributed by atoms with Gasteiger partial charge in [-0.2, -0.15) is 0 Å². The fraction of sp³-hybridized carbons (Fsp3) is 0.455. The van der Waals surface area contributed by atoms with Crippen molar-refractivity contribution in [1.29, 1.82) is 0 Å². The number of fused-ring (bicyclic) bond motifs is 1. The Labute approximate surface area is 89.1 Å². The van der Waals surface area contributed by atoms with E-state index >= 15 is 0 Å². The summed E-state index contributed by atoms with van der Waals surface area (Å²) in [6.45, 7) is 1.30. The van der Waals surface area contributed by atoms with E-state index in [1.165, 1.54) is 16.3 Å². The molecule has 0 atom stereocenters. The van der Waals surface area contributed by atoms with Gasteiger partial charge in [0, 0.05) is 11.8 Å². The first-order chi connectivity index (χ1) is 6.63. The highest BCUT2D eigenvalue weighted by molar-refractivity contribution is 7.99. The number of thioether (sulfide) groups is 1. The van der Waals surface area contributed by atoms with Gasteiger partial charge < -0.3 is 5.11 Å². The van der Waals surface area contributed by atoms with Crippen molar-refractivity contribution < 1.29 is 5.11 Å². The summed E-state index contributed by atoms with van der Waals surface area (Å²) in [4.78, 5) is 1.36. The zero-order valence-corrected chi connectivity index (χ0v) is 9.47. The number of benzene rings is 1. The highest BCUT2D eigenvalue weighted by atomic mass is 32.2. The van der Waals surface area contributed by atoms with Gasteiger partial charge in [-0.25, -0.2) is 0 Å². The van der Waals surface area contributed by atoms with Crippen molar-refractivity contribution in [1.82, 2.24) is 4.48 Å². The molecule has 0 bridgehead atoms. The number of aliphatic hydroxyl groups excluding tert-OH is 1. The van der Waals surface area contributed by atoms with Crippen LogP contribution in [0.4, 0.5) is 5.69 Å². The van der Waals surface area contributed by atoms with Crippen molar-refractivity contribution in [3.8, 4) is 0 Å². The zero-order chi connectivity index (χ0) is 10.2. The highest BCUT2D eigenvalue weighted by Gasteiger charge is 2.27. The first-order valence-corrected chi connectivity index (χ1v) is 5.82. The van der Waals surface area contributed by atoms with Gasteiger partial charge in [0.15, 0.2) is 0 Å². The summed E-state index contributed by atoms with van der Waals surface area (Å²) in [7, 11) is 4.44. The van der Waals surface area contributed by atoms with Crippen LogP contribution >= 0.6 is 11.8 Å². The summed E-state index contributed by atoms with van der Waals surface area (Å²) in [6.07, 6.45) is 0. The summed E-state index contributed by atoms with van der Waals surface area (Å²) in [6, 6.07) is 6.27. The molecule has 1 aromatic rings. The average Bonchev–Trinajstić information content (AvgIpc) is 2.17. The van der Waals surface area contributed by atoms with Crippen LogP contribution in [-0.4, -0.2) is 31.5 Å². The molecule has 1 heterocycles. The van der Waals surface area contributed by atoms with Gasteiger partial charge in [-0.15, -0.1) is 11.8 Å². The number of nitrogens with zero attached hydrogens (tertiary/aromatic N) is 1. The molecule has 14 heavy (non-hydrogen) atoms. The first kappa shape index (κ1) is 10.0. The monoisotopic (exact) mass is 210 g/mol. The molecule has 0 aliphatic carbocycles. The van der Waals surface area contributed by atoms with Crippen LogP contribution in [0.5, 0.6) is 0 Å². The first-order valence-electron chi connectivity index (χ1n) is 4.83. The molecule has 1 aliphatic heterocycles. The third-order valence-electron chi connectivity index (χ3n) is 2.77. The Morgan fingerprint density at radius 1 is 1.43 bits per heavy atom. The number of rotatable bonds is 1. The van der Waals surface area contributed by atoms with Crippen molar-refractivity contribution in [2.45, 2.75) is 11.5 Å². The van der Waals surface area contributed by atoms with Crippen molar-refractivity contribution in [2.75, 3.05) is 26.4 Å². The Morgan fingerprint density at radius 3 is 2.93 bits per heavy atom. The van der Waals surface area contributed by atoms with Gasteiger partial charge in [-0.1, -0.05) is 6.07 Å². The van der Waals surface area contributed by atoms with Gasteiger partial charge in [0.25, 0.3) is 0 Å². The van der Waals surface area contributed by atoms with E-state index in [2.05, 4.69) is 26.2 Å². The average molecular weight is 210 g/mol. The van der Waals surface area contributed by atoms with Gasteiger partial charge >= 0.3 is 0 Å². The van der Waals surface area contributed by atoms with Gasteiger partial charge in [0.2, 0.25) is 0 Å². The third kappa shape index (κ3) is 1.67. The summed E-state index contributed by atoms with van der Waals surface area (Å²) >= 11 is 1.91. The fourth-order valence-electron chi connectivity index (χ4n) is 1.76. The Bertz CT molecular complexity index is 349. The van der Waals surface area contributed by atoms with E-state index in [1.807, 2.05) is 17.8 Å². The van der Waals surface area contributed by atoms with E-state index in [9.17, 15) is 0 Å². The van der Waals surface area contributed by atoms with Crippen LogP contribution in [0.25, 0.3) is 0 Å². The van der Waals surface area contributed by atoms with E-state index in [0.29, 0.717) is 0 Å². The minimum absolute atomic E-state index is 0.137. The third-order valence-corrected chi connectivity index (χ3v) is 3.81. The smallest absolute Gasteiger partial charge is 0.146 e. The molecule has 76 valence electrons. The molecule has 1 aliphatic rings. The normalized spacial score (nSPS) is 19.1. The Morgan fingerprint density at radius 2 is 2.21 bits per heavy atom. The molecule has 0 aromatic heterocycles. The zero-order valence-electron chi connectivity index (χ0n) is 8.66. The molecule has 2 nitrogen and oxygen atoms in total. The summed E-state index contributed by atoms with van der Waals surface area (Å²) < 4.78 is 0.927. The van der Waals surface area contributed by atoms with E-state index in [0.717, 1.165) is 16.6 Å². The van der Waals surface area contributed by atoms with Crippen molar-refractivity contribution in [3.63, 3.8) is 0 Å². The standard InChI is InChI=1S/C11H16NOS/c1-12(2)5-6-14-11-4-3-9(8-13)7-10(11)12/h3-4,7,13H,5-6,8H2,1-2H3/q+1. The van der Waals surface area contributed by atoms with E-state index < -0.39 is 0 Å². The molecule has 1 N–H and O–H groups in total. The Kier molecular flexibility index (Phi) is 2.56. The second kappa shape index (κ2) is 3.57. The molecule has 0 saturated carbocycles. The van der Waals surface area contributed by atoms with Crippen LogP contribution in [0.3, 0.4) is 0 Å². The van der Waals surface area contributed by atoms with Gasteiger partial charge in [0.05, 0.1) is 32.1 Å². The van der Waals surface area contributed by atoms with Gasteiger partial charge in [-0.05, 0) is 11.6 Å². The van der Waals surface area contributed by atoms with E-state index in [-0.39, 0.29) is 6.61 Å². The maximum atomic E-state index is 9.10. The van der Waals surface area contributed by atoms with Crippen LogP contribution < -0.4 is 4.48 Å². The van der Waals surface area contributed by atoms with Crippen LogP contribution in [0, 0.1) is 0 Å². The van der Waals surface area contributed by atoms with Crippen LogP contribution in [-0.2, 0) is 6.61 Å². The molecule has 3 heteroatoms. The predicted molar refractivity (Wildman–Crippen MR) is 61.6 cm³/mol. The largest absolute Gasteiger partial charge is 0.392 e. The van der Waals surface area contributed by atoms with Crippen molar-refractivity contribution in [2.24, 2.45) is 0 Å². The molecule has 0 radical (unpaired) electrons. The van der Waals surface area contributed by atoms with Crippen LogP contribution in [0.2, 0.25) is 0 Å². The van der Waals surface area contributed by atoms with E-state index in [4.69, 9.17) is 5.11 Å². The van der Waals surface area contributed by atoms with Crippen molar-refractivity contribution >= 4 is 17.4 Å². The molecule has 1 aromatic carbocycles. The number of aliphatic hydroxyl groups is 1. The summed E-state index contributed by atoms with van der Waals surface area (Å²) in [5, 5.41) is 9.10.